The Kier molecular flexibility index (Phi) is 6.41. The molecular formula is C19H23ClN4O4. The molecule has 1 N–H and O–H groups in total. The number of amides is 1. The number of carbonyl (C=O) groups is 1. The number of ether oxygens (including phenoxy) is 3. The highest BCUT2D eigenvalue weighted by Crippen LogP contribution is 2.40. The summed E-state index contributed by atoms with van der Waals surface area (Å²) in [6.07, 6.45) is 1.69. The van der Waals surface area contributed by atoms with Gasteiger partial charge >= 0.3 is 0 Å². The van der Waals surface area contributed by atoms with Gasteiger partial charge in [0.2, 0.25) is 11.7 Å². The van der Waals surface area contributed by atoms with E-state index in [4.69, 9.17) is 25.8 Å². The molecule has 2 heterocycles. The molecule has 8 nitrogen and oxygen atoms in total. The van der Waals surface area contributed by atoms with Crippen LogP contribution in [0, 0.1) is 5.92 Å². The van der Waals surface area contributed by atoms with Gasteiger partial charge in [-0.3, -0.25) is 4.79 Å². The maximum atomic E-state index is 12.8. The number of halogens is 1. The zero-order valence-electron chi connectivity index (χ0n) is 16.1. The van der Waals surface area contributed by atoms with E-state index in [1.165, 1.54) is 21.3 Å². The number of methoxy groups -OCH3 is 3. The first-order valence-corrected chi connectivity index (χ1v) is 9.28. The van der Waals surface area contributed by atoms with E-state index in [9.17, 15) is 4.79 Å². The number of carbonyl (C=O) groups excluding carboxylic acids is 1. The Morgan fingerprint density at radius 3 is 2.43 bits per heavy atom. The molecule has 9 heteroatoms. The number of piperidine rings is 1. The molecule has 1 aromatic carbocycles. The van der Waals surface area contributed by atoms with Gasteiger partial charge in [-0.1, -0.05) is 11.6 Å². The van der Waals surface area contributed by atoms with Crippen LogP contribution >= 0.6 is 11.6 Å². The summed E-state index contributed by atoms with van der Waals surface area (Å²) < 4.78 is 16.0. The van der Waals surface area contributed by atoms with E-state index in [1.807, 2.05) is 11.0 Å². The lowest BCUT2D eigenvalue weighted by Gasteiger charge is -2.32. The van der Waals surface area contributed by atoms with Crippen molar-refractivity contribution in [2.75, 3.05) is 44.6 Å². The molecule has 2 aromatic rings. The minimum Gasteiger partial charge on any atom is -0.493 e. The first-order chi connectivity index (χ1) is 13.5. The van der Waals surface area contributed by atoms with Crippen LogP contribution in [0.4, 0.5) is 11.5 Å². The van der Waals surface area contributed by atoms with Crippen molar-refractivity contribution >= 4 is 29.0 Å². The van der Waals surface area contributed by atoms with Gasteiger partial charge in [-0.25, -0.2) is 0 Å². The number of anilines is 2. The number of nitrogens with one attached hydrogen (secondary N) is 1. The predicted molar refractivity (Wildman–Crippen MR) is 107 cm³/mol. The van der Waals surface area contributed by atoms with Gasteiger partial charge in [-0.2, -0.15) is 0 Å². The third-order valence-electron chi connectivity index (χ3n) is 4.67. The lowest BCUT2D eigenvalue weighted by atomic mass is 9.97. The van der Waals surface area contributed by atoms with Crippen molar-refractivity contribution in [1.82, 2.24) is 10.2 Å². The van der Waals surface area contributed by atoms with Gasteiger partial charge in [0.25, 0.3) is 0 Å². The number of hydrogen-bond donors (Lipinski definition) is 1. The van der Waals surface area contributed by atoms with E-state index in [1.54, 1.807) is 18.2 Å². The zero-order chi connectivity index (χ0) is 20.1. The number of aromatic nitrogens is 2. The lowest BCUT2D eigenvalue weighted by molar-refractivity contribution is -0.120. The van der Waals surface area contributed by atoms with Crippen LogP contribution in [-0.2, 0) is 4.79 Å². The highest BCUT2D eigenvalue weighted by molar-refractivity contribution is 6.29. The Hall–Kier alpha value is -2.74. The summed E-state index contributed by atoms with van der Waals surface area (Å²) in [5.41, 5.74) is 0.586. The Morgan fingerprint density at radius 1 is 1.14 bits per heavy atom. The summed E-state index contributed by atoms with van der Waals surface area (Å²) in [6, 6.07) is 6.94. The number of rotatable bonds is 6. The fourth-order valence-corrected chi connectivity index (χ4v) is 3.38. The minimum absolute atomic E-state index is 0.0686. The molecule has 0 radical (unpaired) electrons. The van der Waals surface area contributed by atoms with Gasteiger partial charge in [-0.15, -0.1) is 10.2 Å². The molecule has 0 saturated carbocycles. The molecule has 28 heavy (non-hydrogen) atoms. The Labute approximate surface area is 168 Å². The summed E-state index contributed by atoms with van der Waals surface area (Å²) in [6.45, 7) is 1.39. The number of benzene rings is 1. The highest BCUT2D eigenvalue weighted by Gasteiger charge is 2.27. The van der Waals surface area contributed by atoms with Crippen LogP contribution in [0.25, 0.3) is 0 Å². The predicted octanol–water partition coefficient (Wildman–Crippen LogP) is 3.01. The van der Waals surface area contributed by atoms with E-state index < -0.39 is 0 Å². The van der Waals surface area contributed by atoms with E-state index in [0.717, 1.165) is 25.2 Å². The van der Waals surface area contributed by atoms with Gasteiger partial charge in [0, 0.05) is 30.9 Å². The quantitative estimate of drug-likeness (QED) is 0.789. The Balaban J connectivity index is 1.72. The molecule has 1 amide bonds. The van der Waals surface area contributed by atoms with Crippen molar-refractivity contribution < 1.29 is 19.0 Å². The van der Waals surface area contributed by atoms with Crippen LogP contribution in [0.2, 0.25) is 5.15 Å². The van der Waals surface area contributed by atoms with Crippen molar-refractivity contribution in [1.29, 1.82) is 0 Å². The second kappa shape index (κ2) is 8.97. The van der Waals surface area contributed by atoms with E-state index in [2.05, 4.69) is 15.5 Å². The summed E-state index contributed by atoms with van der Waals surface area (Å²) >= 11 is 5.81. The molecule has 1 aliphatic rings. The van der Waals surface area contributed by atoms with Crippen LogP contribution < -0.4 is 24.4 Å². The molecule has 3 rings (SSSR count). The van der Waals surface area contributed by atoms with E-state index in [0.29, 0.717) is 34.6 Å². The molecular weight excluding hydrogens is 384 g/mol. The first-order valence-electron chi connectivity index (χ1n) is 8.90. The van der Waals surface area contributed by atoms with Crippen LogP contribution in [0.1, 0.15) is 12.8 Å². The standard InChI is InChI=1S/C19H23ClN4O4/c1-26-14-9-13(10-15(27-2)18(14)28-3)21-19(25)12-5-4-8-24(11-12)17-7-6-16(20)22-23-17/h6-7,9-10,12H,4-5,8,11H2,1-3H3,(H,21,25). The molecule has 1 aliphatic heterocycles. The van der Waals surface area contributed by atoms with Gasteiger partial charge in [0.15, 0.2) is 22.5 Å². The van der Waals surface area contributed by atoms with Crippen molar-refractivity contribution in [3.8, 4) is 17.2 Å². The second-order valence-corrected chi connectivity index (χ2v) is 6.79. The molecule has 1 saturated heterocycles. The monoisotopic (exact) mass is 406 g/mol. The summed E-state index contributed by atoms with van der Waals surface area (Å²) in [7, 11) is 4.61. The third-order valence-corrected chi connectivity index (χ3v) is 4.87. The molecule has 0 aliphatic carbocycles. The van der Waals surface area contributed by atoms with Crippen LogP contribution in [-0.4, -0.2) is 50.5 Å². The summed E-state index contributed by atoms with van der Waals surface area (Å²) in [4.78, 5) is 14.9. The van der Waals surface area contributed by atoms with Crippen LogP contribution in [0.3, 0.4) is 0 Å². The van der Waals surface area contributed by atoms with E-state index in [-0.39, 0.29) is 11.8 Å². The van der Waals surface area contributed by atoms with Gasteiger partial charge in [0.05, 0.1) is 27.2 Å². The lowest BCUT2D eigenvalue weighted by Crippen LogP contribution is -2.41. The van der Waals surface area contributed by atoms with E-state index >= 15 is 0 Å². The second-order valence-electron chi connectivity index (χ2n) is 6.40. The molecule has 0 spiro atoms. The average Bonchev–Trinajstić information content (AvgIpc) is 2.73. The summed E-state index contributed by atoms with van der Waals surface area (Å²) in [5, 5.41) is 11.3. The van der Waals surface area contributed by atoms with Gasteiger partial charge in [-0.05, 0) is 25.0 Å². The van der Waals surface area contributed by atoms with Crippen LogP contribution in [0.5, 0.6) is 17.2 Å². The smallest absolute Gasteiger partial charge is 0.229 e. The number of nitrogens with zero attached hydrogens (tertiary/aromatic N) is 3. The Bertz CT molecular complexity index is 806. The fraction of sp³-hybridized carbons (Fsp3) is 0.421. The number of hydrogen-bond acceptors (Lipinski definition) is 7. The van der Waals surface area contributed by atoms with Crippen LogP contribution in [0.15, 0.2) is 24.3 Å². The van der Waals surface area contributed by atoms with Crippen molar-refractivity contribution in [2.45, 2.75) is 12.8 Å². The molecule has 1 aromatic heterocycles. The largest absolute Gasteiger partial charge is 0.493 e. The van der Waals surface area contributed by atoms with Gasteiger partial charge < -0.3 is 24.4 Å². The maximum absolute atomic E-state index is 12.8. The first kappa shape index (κ1) is 20.0. The minimum atomic E-state index is -0.176. The third kappa shape index (κ3) is 4.39. The maximum Gasteiger partial charge on any atom is 0.229 e. The SMILES string of the molecule is COc1cc(NC(=O)C2CCCN(c3ccc(Cl)nn3)C2)cc(OC)c1OC. The highest BCUT2D eigenvalue weighted by atomic mass is 35.5. The van der Waals surface area contributed by atoms with Crippen molar-refractivity contribution in [2.24, 2.45) is 5.92 Å². The molecule has 150 valence electrons. The molecule has 1 fully saturated rings. The fourth-order valence-electron chi connectivity index (χ4n) is 3.27. The topological polar surface area (TPSA) is 85.8 Å². The zero-order valence-corrected chi connectivity index (χ0v) is 16.8. The molecule has 1 unspecified atom stereocenters. The summed E-state index contributed by atoms with van der Waals surface area (Å²) in [5.74, 6) is 1.92. The molecule has 1 atom stereocenters. The average molecular weight is 407 g/mol. The Morgan fingerprint density at radius 2 is 1.86 bits per heavy atom. The van der Waals surface area contributed by atoms with Crippen molar-refractivity contribution in [3.05, 3.63) is 29.4 Å². The molecule has 0 bridgehead atoms. The van der Waals surface area contributed by atoms with Crippen molar-refractivity contribution in [3.63, 3.8) is 0 Å². The van der Waals surface area contributed by atoms with Gasteiger partial charge in [0.1, 0.15) is 0 Å². The normalized spacial score (nSPS) is 16.4.